The first-order chi connectivity index (χ1) is 12.0. The van der Waals surface area contributed by atoms with Gasteiger partial charge in [0.2, 0.25) is 0 Å². The van der Waals surface area contributed by atoms with Crippen LogP contribution < -0.4 is 4.31 Å². The third-order valence-electron chi connectivity index (χ3n) is 4.07. The summed E-state index contributed by atoms with van der Waals surface area (Å²) in [5.74, 6) is 0. The van der Waals surface area contributed by atoms with Crippen LogP contribution in [0.4, 0.5) is 5.69 Å². The van der Waals surface area contributed by atoms with Crippen LogP contribution in [-0.2, 0) is 16.6 Å². The third-order valence-corrected chi connectivity index (χ3v) is 5.84. The highest BCUT2D eigenvalue weighted by molar-refractivity contribution is 7.92. The lowest BCUT2D eigenvalue weighted by molar-refractivity contribution is 0.590. The molecular formula is C21H21NO2S. The van der Waals surface area contributed by atoms with Gasteiger partial charge in [0.1, 0.15) is 0 Å². The molecule has 0 radical (unpaired) electrons. The average Bonchev–Trinajstić information content (AvgIpc) is 2.61. The van der Waals surface area contributed by atoms with Crippen LogP contribution >= 0.6 is 0 Å². The number of sulfonamides is 1. The molecule has 0 saturated heterocycles. The highest BCUT2D eigenvalue weighted by Crippen LogP contribution is 2.26. The second-order valence-electron chi connectivity index (χ2n) is 6.15. The van der Waals surface area contributed by atoms with Gasteiger partial charge in [-0.15, -0.1) is 0 Å². The van der Waals surface area contributed by atoms with E-state index in [0.29, 0.717) is 17.1 Å². The smallest absolute Gasteiger partial charge is 0.262 e. The maximum Gasteiger partial charge on any atom is 0.264 e. The quantitative estimate of drug-likeness (QED) is 0.668. The van der Waals surface area contributed by atoms with Gasteiger partial charge in [-0.1, -0.05) is 60.2 Å². The molecule has 0 amide bonds. The number of anilines is 1. The molecule has 0 saturated carbocycles. The summed E-state index contributed by atoms with van der Waals surface area (Å²) in [7, 11) is -3.65. The number of nitrogens with zero attached hydrogens (tertiary/aromatic N) is 1. The van der Waals surface area contributed by atoms with Gasteiger partial charge < -0.3 is 0 Å². The molecule has 0 aliphatic heterocycles. The predicted molar refractivity (Wildman–Crippen MR) is 102 cm³/mol. The molecule has 0 fully saturated rings. The minimum absolute atomic E-state index is 0.292. The first-order valence-corrected chi connectivity index (χ1v) is 9.61. The Morgan fingerprint density at radius 1 is 0.760 bits per heavy atom. The van der Waals surface area contributed by atoms with Crippen LogP contribution in [0.3, 0.4) is 0 Å². The van der Waals surface area contributed by atoms with E-state index in [1.165, 1.54) is 4.31 Å². The Bertz CT molecular complexity index is 949. The van der Waals surface area contributed by atoms with E-state index in [2.05, 4.69) is 0 Å². The van der Waals surface area contributed by atoms with Crippen molar-refractivity contribution >= 4 is 15.7 Å². The lowest BCUT2D eigenvalue weighted by atomic mass is 10.2. The summed E-state index contributed by atoms with van der Waals surface area (Å²) in [6, 6.07) is 24.2. The van der Waals surface area contributed by atoms with Crippen molar-refractivity contribution in [3.8, 4) is 0 Å². The zero-order valence-electron chi connectivity index (χ0n) is 14.4. The summed E-state index contributed by atoms with van der Waals surface area (Å²) in [5.41, 5.74) is 3.62. The summed E-state index contributed by atoms with van der Waals surface area (Å²) in [5, 5.41) is 0. The molecule has 128 valence electrons. The first kappa shape index (κ1) is 17.2. The summed E-state index contributed by atoms with van der Waals surface area (Å²) >= 11 is 0. The van der Waals surface area contributed by atoms with Crippen LogP contribution in [0.5, 0.6) is 0 Å². The number of aryl methyl sites for hydroxylation is 2. The molecule has 3 aromatic carbocycles. The number of benzene rings is 3. The Labute approximate surface area is 149 Å². The van der Waals surface area contributed by atoms with E-state index >= 15 is 0 Å². The molecule has 0 aromatic heterocycles. The van der Waals surface area contributed by atoms with Crippen LogP contribution in [0.15, 0.2) is 83.8 Å². The van der Waals surface area contributed by atoms with Crippen LogP contribution in [0.2, 0.25) is 0 Å². The number of hydrogen-bond acceptors (Lipinski definition) is 2. The Kier molecular flexibility index (Phi) is 4.91. The lowest BCUT2D eigenvalue weighted by Gasteiger charge is -2.25. The van der Waals surface area contributed by atoms with E-state index in [0.717, 1.165) is 16.7 Å². The molecule has 0 atom stereocenters. The number of rotatable bonds is 5. The van der Waals surface area contributed by atoms with Gasteiger partial charge in [-0.2, -0.15) is 0 Å². The van der Waals surface area contributed by atoms with Gasteiger partial charge in [-0.3, -0.25) is 4.31 Å². The average molecular weight is 351 g/mol. The fraction of sp³-hybridized carbons (Fsp3) is 0.143. The molecule has 4 heteroatoms. The van der Waals surface area contributed by atoms with E-state index in [1.807, 2.05) is 74.5 Å². The third kappa shape index (κ3) is 3.91. The van der Waals surface area contributed by atoms with Crippen molar-refractivity contribution < 1.29 is 8.42 Å². The molecule has 0 unspecified atom stereocenters. The molecule has 3 rings (SSSR count). The van der Waals surface area contributed by atoms with Crippen LogP contribution in [0.1, 0.15) is 16.7 Å². The van der Waals surface area contributed by atoms with Crippen LogP contribution in [-0.4, -0.2) is 8.42 Å². The standard InChI is InChI=1S/C21H21NO2S/c1-17-11-13-20(14-12-17)22(16-19-8-4-3-5-9-19)25(23,24)21-10-6-7-18(2)15-21/h3-15H,16H2,1-2H3. The Morgan fingerprint density at radius 2 is 1.44 bits per heavy atom. The summed E-state index contributed by atoms with van der Waals surface area (Å²) in [6.45, 7) is 4.17. The fourth-order valence-electron chi connectivity index (χ4n) is 2.68. The fourth-order valence-corrected chi connectivity index (χ4v) is 4.24. The van der Waals surface area contributed by atoms with Gasteiger partial charge in [0.15, 0.2) is 0 Å². The molecule has 3 aromatic rings. The zero-order chi connectivity index (χ0) is 17.9. The summed E-state index contributed by atoms with van der Waals surface area (Å²) < 4.78 is 28.1. The Balaban J connectivity index is 2.08. The Morgan fingerprint density at radius 3 is 2.08 bits per heavy atom. The molecule has 0 N–H and O–H groups in total. The van der Waals surface area contributed by atoms with Crippen molar-refractivity contribution in [1.29, 1.82) is 0 Å². The maximum atomic E-state index is 13.3. The highest BCUT2D eigenvalue weighted by Gasteiger charge is 2.25. The van der Waals surface area contributed by atoms with Gasteiger partial charge in [0, 0.05) is 0 Å². The Hall–Kier alpha value is -2.59. The predicted octanol–water partition coefficient (Wildman–Crippen LogP) is 4.70. The van der Waals surface area contributed by atoms with Gasteiger partial charge in [-0.25, -0.2) is 8.42 Å². The number of hydrogen-bond donors (Lipinski definition) is 0. The van der Waals surface area contributed by atoms with Crippen molar-refractivity contribution in [2.75, 3.05) is 4.31 Å². The van der Waals surface area contributed by atoms with Gasteiger partial charge in [0.25, 0.3) is 10.0 Å². The largest absolute Gasteiger partial charge is 0.264 e. The monoisotopic (exact) mass is 351 g/mol. The maximum absolute atomic E-state index is 13.3. The summed E-state index contributed by atoms with van der Waals surface area (Å²) in [6.07, 6.45) is 0. The highest BCUT2D eigenvalue weighted by atomic mass is 32.2. The molecule has 0 spiro atoms. The van der Waals surface area contributed by atoms with Gasteiger partial charge >= 0.3 is 0 Å². The molecule has 0 bridgehead atoms. The molecule has 0 aliphatic carbocycles. The van der Waals surface area contributed by atoms with E-state index in [4.69, 9.17) is 0 Å². The van der Waals surface area contributed by atoms with E-state index < -0.39 is 10.0 Å². The lowest BCUT2D eigenvalue weighted by Crippen LogP contribution is -2.30. The van der Waals surface area contributed by atoms with Crippen molar-refractivity contribution in [2.24, 2.45) is 0 Å². The molecule has 3 nitrogen and oxygen atoms in total. The SMILES string of the molecule is Cc1ccc(N(Cc2ccccc2)S(=O)(=O)c2cccc(C)c2)cc1. The van der Waals surface area contributed by atoms with Crippen LogP contribution in [0, 0.1) is 13.8 Å². The van der Waals surface area contributed by atoms with E-state index in [9.17, 15) is 8.42 Å². The van der Waals surface area contributed by atoms with Gasteiger partial charge in [0.05, 0.1) is 17.1 Å². The molecule has 0 heterocycles. The van der Waals surface area contributed by atoms with Gasteiger partial charge in [-0.05, 0) is 49.2 Å². The van der Waals surface area contributed by atoms with Crippen LogP contribution in [0.25, 0.3) is 0 Å². The summed E-state index contributed by atoms with van der Waals surface area (Å²) in [4.78, 5) is 0.309. The second-order valence-corrected chi connectivity index (χ2v) is 8.01. The normalized spacial score (nSPS) is 11.3. The second kappa shape index (κ2) is 7.11. The molecular weight excluding hydrogens is 330 g/mol. The van der Waals surface area contributed by atoms with Crippen molar-refractivity contribution in [1.82, 2.24) is 0 Å². The van der Waals surface area contributed by atoms with Crippen molar-refractivity contribution in [2.45, 2.75) is 25.3 Å². The zero-order valence-corrected chi connectivity index (χ0v) is 15.2. The first-order valence-electron chi connectivity index (χ1n) is 8.17. The van der Waals surface area contributed by atoms with E-state index in [-0.39, 0.29) is 0 Å². The molecule has 25 heavy (non-hydrogen) atoms. The van der Waals surface area contributed by atoms with Crippen molar-refractivity contribution in [3.63, 3.8) is 0 Å². The van der Waals surface area contributed by atoms with Crippen molar-refractivity contribution in [3.05, 3.63) is 95.6 Å². The minimum atomic E-state index is -3.65. The molecule has 0 aliphatic rings. The van der Waals surface area contributed by atoms with E-state index in [1.54, 1.807) is 18.2 Å². The minimum Gasteiger partial charge on any atom is -0.262 e. The topological polar surface area (TPSA) is 37.4 Å².